The van der Waals surface area contributed by atoms with Crippen molar-refractivity contribution >= 4 is 5.78 Å². The number of rotatable bonds is 3. The van der Waals surface area contributed by atoms with Crippen LogP contribution < -0.4 is 11.5 Å². The summed E-state index contributed by atoms with van der Waals surface area (Å²) in [6.07, 6.45) is 1.40. The molecule has 0 aliphatic rings. The van der Waals surface area contributed by atoms with Crippen LogP contribution in [0.3, 0.4) is 0 Å². The van der Waals surface area contributed by atoms with Gasteiger partial charge in [-0.05, 0) is 13.3 Å². The first kappa shape index (κ1) is 8.59. The summed E-state index contributed by atoms with van der Waals surface area (Å²) >= 11 is 0. The molecule has 9 heavy (non-hydrogen) atoms. The molecule has 0 bridgehead atoms. The SMILES string of the molecule is CCCC(N)(N)C(C)=O. The molecular formula is C6H14N2O. The first-order chi connectivity index (χ1) is 4.00. The van der Waals surface area contributed by atoms with E-state index >= 15 is 0 Å². The highest BCUT2D eigenvalue weighted by Gasteiger charge is 2.22. The molecule has 0 spiro atoms. The Morgan fingerprint density at radius 1 is 1.56 bits per heavy atom. The number of hydrogen-bond donors (Lipinski definition) is 2. The highest BCUT2D eigenvalue weighted by Crippen LogP contribution is 2.01. The molecule has 0 aromatic carbocycles. The second-order valence-corrected chi connectivity index (χ2v) is 2.35. The second-order valence-electron chi connectivity index (χ2n) is 2.35. The maximum Gasteiger partial charge on any atom is 0.163 e. The van der Waals surface area contributed by atoms with Gasteiger partial charge in [-0.3, -0.25) is 4.79 Å². The fraction of sp³-hybridized carbons (Fsp3) is 0.833. The van der Waals surface area contributed by atoms with Crippen LogP contribution >= 0.6 is 0 Å². The van der Waals surface area contributed by atoms with E-state index in [1.165, 1.54) is 6.92 Å². The van der Waals surface area contributed by atoms with Gasteiger partial charge in [0.15, 0.2) is 5.78 Å². The van der Waals surface area contributed by atoms with E-state index < -0.39 is 5.66 Å². The van der Waals surface area contributed by atoms with Gasteiger partial charge < -0.3 is 11.5 Å². The minimum atomic E-state index is -1.09. The number of carbonyl (C=O) groups excluding carboxylic acids is 1. The van der Waals surface area contributed by atoms with Crippen LogP contribution in [0.1, 0.15) is 26.7 Å². The van der Waals surface area contributed by atoms with Crippen LogP contribution in [0.5, 0.6) is 0 Å². The fourth-order valence-corrected chi connectivity index (χ4v) is 0.590. The molecule has 0 amide bonds. The molecule has 0 saturated heterocycles. The molecule has 0 unspecified atom stereocenters. The Bertz CT molecular complexity index is 110. The monoisotopic (exact) mass is 130 g/mol. The number of Topliss-reactive ketones (excluding diaryl/α,β-unsaturated/α-hetero) is 1. The highest BCUT2D eigenvalue weighted by molar-refractivity contribution is 5.84. The number of hydrogen-bond acceptors (Lipinski definition) is 3. The Kier molecular flexibility index (Phi) is 2.81. The average Bonchev–Trinajstić information content (AvgIpc) is 1.65. The average molecular weight is 130 g/mol. The fourth-order valence-electron chi connectivity index (χ4n) is 0.590. The van der Waals surface area contributed by atoms with Crippen LogP contribution in [-0.2, 0) is 4.79 Å². The molecule has 3 nitrogen and oxygen atoms in total. The third-order valence-corrected chi connectivity index (χ3v) is 1.32. The molecule has 0 aliphatic carbocycles. The van der Waals surface area contributed by atoms with Crippen molar-refractivity contribution in [3.63, 3.8) is 0 Å². The predicted octanol–water partition coefficient (Wildman–Crippen LogP) is -0.0108. The van der Waals surface area contributed by atoms with E-state index in [0.29, 0.717) is 6.42 Å². The summed E-state index contributed by atoms with van der Waals surface area (Å²) in [7, 11) is 0. The van der Waals surface area contributed by atoms with Crippen molar-refractivity contribution < 1.29 is 4.79 Å². The lowest BCUT2D eigenvalue weighted by Crippen LogP contribution is -2.55. The highest BCUT2D eigenvalue weighted by atomic mass is 16.1. The van der Waals surface area contributed by atoms with Gasteiger partial charge in [-0.15, -0.1) is 0 Å². The van der Waals surface area contributed by atoms with Crippen LogP contribution in [0.15, 0.2) is 0 Å². The van der Waals surface area contributed by atoms with Gasteiger partial charge >= 0.3 is 0 Å². The largest absolute Gasteiger partial charge is 0.307 e. The number of ketones is 1. The lowest BCUT2D eigenvalue weighted by molar-refractivity contribution is -0.122. The van der Waals surface area contributed by atoms with Gasteiger partial charge in [0.25, 0.3) is 0 Å². The zero-order chi connectivity index (χ0) is 7.49. The molecular weight excluding hydrogens is 116 g/mol. The molecule has 0 saturated carbocycles. The van der Waals surface area contributed by atoms with E-state index in [1.807, 2.05) is 6.92 Å². The van der Waals surface area contributed by atoms with Gasteiger partial charge in [0.1, 0.15) is 5.66 Å². The number of carbonyl (C=O) groups is 1. The maximum absolute atomic E-state index is 10.6. The lowest BCUT2D eigenvalue weighted by atomic mass is 10.0. The summed E-state index contributed by atoms with van der Waals surface area (Å²) in [6.45, 7) is 3.35. The Labute approximate surface area is 55.4 Å². The van der Waals surface area contributed by atoms with Gasteiger partial charge in [0, 0.05) is 0 Å². The summed E-state index contributed by atoms with van der Waals surface area (Å²) in [5.74, 6) is -0.149. The Morgan fingerprint density at radius 3 is 2.11 bits per heavy atom. The smallest absolute Gasteiger partial charge is 0.163 e. The molecule has 0 fully saturated rings. The molecule has 54 valence electrons. The van der Waals surface area contributed by atoms with Gasteiger partial charge in [-0.1, -0.05) is 13.3 Å². The Morgan fingerprint density at radius 2 is 2.00 bits per heavy atom. The molecule has 0 rings (SSSR count). The minimum Gasteiger partial charge on any atom is -0.307 e. The summed E-state index contributed by atoms with van der Waals surface area (Å²) in [4.78, 5) is 10.6. The molecule has 0 radical (unpaired) electrons. The quantitative estimate of drug-likeness (QED) is 0.528. The standard InChI is InChI=1S/C6H14N2O/c1-3-4-6(7,8)5(2)9/h3-4,7-8H2,1-2H3. The molecule has 4 N–H and O–H groups in total. The minimum absolute atomic E-state index is 0.149. The van der Waals surface area contributed by atoms with E-state index in [1.54, 1.807) is 0 Å². The van der Waals surface area contributed by atoms with Crippen molar-refractivity contribution in [2.75, 3.05) is 0 Å². The van der Waals surface area contributed by atoms with Crippen molar-refractivity contribution in [2.45, 2.75) is 32.4 Å². The summed E-state index contributed by atoms with van der Waals surface area (Å²) in [6, 6.07) is 0. The van der Waals surface area contributed by atoms with Crippen LogP contribution in [0.25, 0.3) is 0 Å². The molecule has 0 heterocycles. The van der Waals surface area contributed by atoms with Gasteiger partial charge in [0.05, 0.1) is 0 Å². The Balaban J connectivity index is 3.85. The topological polar surface area (TPSA) is 69.1 Å². The van der Waals surface area contributed by atoms with E-state index in [-0.39, 0.29) is 5.78 Å². The lowest BCUT2D eigenvalue weighted by Gasteiger charge is -2.19. The van der Waals surface area contributed by atoms with Crippen molar-refractivity contribution in [1.82, 2.24) is 0 Å². The zero-order valence-electron chi connectivity index (χ0n) is 5.98. The van der Waals surface area contributed by atoms with Gasteiger partial charge in [-0.2, -0.15) is 0 Å². The zero-order valence-corrected chi connectivity index (χ0v) is 5.98. The molecule has 3 heteroatoms. The maximum atomic E-state index is 10.6. The third-order valence-electron chi connectivity index (χ3n) is 1.32. The van der Waals surface area contributed by atoms with Crippen LogP contribution in [0.2, 0.25) is 0 Å². The van der Waals surface area contributed by atoms with E-state index in [9.17, 15) is 4.79 Å². The summed E-state index contributed by atoms with van der Waals surface area (Å²) < 4.78 is 0. The van der Waals surface area contributed by atoms with Crippen LogP contribution in [-0.4, -0.2) is 11.4 Å². The molecule has 0 aliphatic heterocycles. The van der Waals surface area contributed by atoms with E-state index in [2.05, 4.69) is 0 Å². The first-order valence-corrected chi connectivity index (χ1v) is 3.09. The van der Waals surface area contributed by atoms with Crippen molar-refractivity contribution in [1.29, 1.82) is 0 Å². The van der Waals surface area contributed by atoms with Crippen LogP contribution in [0.4, 0.5) is 0 Å². The first-order valence-electron chi connectivity index (χ1n) is 3.09. The van der Waals surface area contributed by atoms with Crippen molar-refractivity contribution in [3.05, 3.63) is 0 Å². The van der Waals surface area contributed by atoms with E-state index in [0.717, 1.165) is 6.42 Å². The number of nitrogens with two attached hydrogens (primary N) is 2. The summed E-state index contributed by atoms with van der Waals surface area (Å²) in [5.41, 5.74) is 9.71. The molecule has 0 aromatic rings. The van der Waals surface area contributed by atoms with E-state index in [4.69, 9.17) is 11.5 Å². The van der Waals surface area contributed by atoms with Crippen molar-refractivity contribution in [2.24, 2.45) is 11.5 Å². The normalized spacial score (nSPS) is 11.6. The molecule has 0 atom stereocenters. The predicted molar refractivity (Wildman–Crippen MR) is 36.7 cm³/mol. The summed E-state index contributed by atoms with van der Waals surface area (Å²) in [5, 5.41) is 0. The van der Waals surface area contributed by atoms with Crippen LogP contribution in [0, 0.1) is 0 Å². The van der Waals surface area contributed by atoms with Crippen molar-refractivity contribution in [3.8, 4) is 0 Å². The second kappa shape index (κ2) is 2.94. The molecule has 0 aromatic heterocycles. The third kappa shape index (κ3) is 2.58. The van der Waals surface area contributed by atoms with Gasteiger partial charge in [0.2, 0.25) is 0 Å². The Hall–Kier alpha value is -0.410. The van der Waals surface area contributed by atoms with Gasteiger partial charge in [-0.25, -0.2) is 0 Å².